The summed E-state index contributed by atoms with van der Waals surface area (Å²) in [7, 11) is 0. The number of rotatable bonds is 0. The Bertz CT molecular complexity index is 0. The van der Waals surface area contributed by atoms with E-state index in [1.54, 1.807) is 0 Å². The van der Waals surface area contributed by atoms with E-state index in [9.17, 15) is 0 Å². The second-order valence-corrected chi connectivity index (χ2v) is 0. The van der Waals surface area contributed by atoms with Gasteiger partial charge in [-0.1, -0.05) is 0 Å². The van der Waals surface area contributed by atoms with Crippen molar-refractivity contribution in [3.8, 4) is 0 Å². The molecule has 0 saturated heterocycles. The first-order valence-corrected chi connectivity index (χ1v) is 0. The summed E-state index contributed by atoms with van der Waals surface area (Å²) in [6, 6.07) is 0. The third-order valence-corrected chi connectivity index (χ3v) is 0. The predicted octanol–water partition coefficient (Wildman–Crippen LogP) is -0.0675. The van der Waals surface area contributed by atoms with E-state index in [0.29, 0.717) is 0 Å². The quantitative estimate of drug-likeness (QED) is 0.299. The second kappa shape index (κ2) is 265. The van der Waals surface area contributed by atoms with Crippen molar-refractivity contribution in [1.29, 1.82) is 0 Å². The standard InChI is InChI=1S/27Zn. The zero-order chi connectivity index (χ0) is 0. The molecule has 27 heteroatoms. The molecule has 0 aliphatic heterocycles. The van der Waals surface area contributed by atoms with Crippen LogP contribution in [0.4, 0.5) is 0 Å². The van der Waals surface area contributed by atoms with E-state index < -0.39 is 0 Å². The van der Waals surface area contributed by atoms with E-state index in [2.05, 4.69) is 0 Å². The molecular weight excluding hydrogens is 1770 g/mol. The van der Waals surface area contributed by atoms with Gasteiger partial charge in [-0.3, -0.25) is 0 Å². The summed E-state index contributed by atoms with van der Waals surface area (Å²) in [6.07, 6.45) is 0. The molecule has 0 atom stereocenters. The monoisotopic (exact) mass is 1730 g/mol. The van der Waals surface area contributed by atoms with Gasteiger partial charge < -0.3 is 0 Å². The van der Waals surface area contributed by atoms with E-state index in [4.69, 9.17) is 0 Å². The van der Waals surface area contributed by atoms with E-state index in [0.717, 1.165) is 0 Å². The van der Waals surface area contributed by atoms with Crippen LogP contribution >= 0.6 is 0 Å². The molecule has 0 amide bonds. The van der Waals surface area contributed by atoms with Gasteiger partial charge in [-0.25, -0.2) is 0 Å². The summed E-state index contributed by atoms with van der Waals surface area (Å²) in [6.45, 7) is 0. The van der Waals surface area contributed by atoms with Gasteiger partial charge in [0.1, 0.15) is 0 Å². The maximum atomic E-state index is 0. The maximum Gasteiger partial charge on any atom is 0 e. The zero-order valence-electron chi connectivity index (χ0n) is 19.1. The van der Waals surface area contributed by atoms with Crippen molar-refractivity contribution < 1.29 is 526 Å². The van der Waals surface area contributed by atoms with Crippen LogP contribution in [0.15, 0.2) is 0 Å². The minimum absolute atomic E-state index is 0. The molecule has 0 unspecified atom stereocenters. The summed E-state index contributed by atoms with van der Waals surface area (Å²) < 4.78 is 0. The second-order valence-electron chi connectivity index (χ2n) is 0. The molecule has 0 spiro atoms. The fourth-order valence-corrected chi connectivity index (χ4v) is 0. The first-order chi connectivity index (χ1) is 0. The molecule has 0 aromatic carbocycles. The molecule has 0 nitrogen and oxygen atoms in total. The van der Waals surface area contributed by atoms with Crippen LogP contribution in [0.3, 0.4) is 0 Å². The molecule has 0 aliphatic carbocycles. The van der Waals surface area contributed by atoms with Gasteiger partial charge in [0.05, 0.1) is 0 Å². The maximum absolute atomic E-state index is 0. The SMILES string of the molecule is [Zn].[Zn].[Zn].[Zn].[Zn].[Zn].[Zn].[Zn].[Zn].[Zn].[Zn].[Zn].[Zn].[Zn].[Zn].[Zn].[Zn].[Zn].[Zn].[Zn].[Zn].[Zn].[Zn].[Zn].[Zn].[Zn].[Zn]. The molecule has 0 N–H and O–H groups in total. The van der Waals surface area contributed by atoms with Crippen LogP contribution in [0.25, 0.3) is 0 Å². The molecule has 0 fully saturated rings. The largest absolute Gasteiger partial charge is 0 e. The van der Waals surface area contributed by atoms with Crippen molar-refractivity contribution in [1.82, 2.24) is 0 Å². The average molecular weight is 1770 g/mol. The van der Waals surface area contributed by atoms with Gasteiger partial charge in [-0.15, -0.1) is 0 Å². The van der Waals surface area contributed by atoms with E-state index >= 15 is 0 Å². The molecule has 0 bridgehead atoms. The van der Waals surface area contributed by atoms with E-state index in [-0.39, 0.29) is 526 Å². The topological polar surface area (TPSA) is 0 Å². The third kappa shape index (κ3) is 252. The Hall–Kier alpha value is 16.8. The molecule has 0 saturated carbocycles. The number of hydrogen-bond acceptors (Lipinski definition) is 0. The van der Waals surface area contributed by atoms with Crippen molar-refractivity contribution in [2.45, 2.75) is 0 Å². The van der Waals surface area contributed by atoms with Gasteiger partial charge in [0.2, 0.25) is 0 Å². The molecule has 27 heavy (non-hydrogen) atoms. The van der Waals surface area contributed by atoms with Crippen molar-refractivity contribution in [2.75, 3.05) is 0 Å². The summed E-state index contributed by atoms with van der Waals surface area (Å²) in [5.41, 5.74) is 0. The van der Waals surface area contributed by atoms with Crippen LogP contribution in [0.1, 0.15) is 0 Å². The Balaban J connectivity index is 0. The van der Waals surface area contributed by atoms with Gasteiger partial charge in [-0.05, 0) is 0 Å². The summed E-state index contributed by atoms with van der Waals surface area (Å²) in [4.78, 5) is 0. The smallest absolute Gasteiger partial charge is 0 e. The van der Waals surface area contributed by atoms with Crippen molar-refractivity contribution in [3.63, 3.8) is 0 Å². The van der Waals surface area contributed by atoms with Crippen LogP contribution in [0, 0.1) is 0 Å². The Kier molecular flexibility index (Phi) is 2780. The van der Waals surface area contributed by atoms with Gasteiger partial charge in [0, 0.05) is 526 Å². The van der Waals surface area contributed by atoms with Crippen molar-refractivity contribution >= 4 is 0 Å². The van der Waals surface area contributed by atoms with Crippen LogP contribution < -0.4 is 0 Å². The van der Waals surface area contributed by atoms with Gasteiger partial charge in [0.25, 0.3) is 0 Å². The third-order valence-electron chi connectivity index (χ3n) is 0. The molecule has 0 radical (unpaired) electrons. The molecular formula is Zn27. The minimum atomic E-state index is 0. The fourth-order valence-electron chi connectivity index (χ4n) is 0. The van der Waals surface area contributed by atoms with E-state index in [1.165, 1.54) is 0 Å². The van der Waals surface area contributed by atoms with Crippen LogP contribution in [0.2, 0.25) is 0 Å². The zero-order valence-corrected chi connectivity index (χ0v) is 99.2. The fraction of sp³-hybridized carbons (Fsp3) is 0. The van der Waals surface area contributed by atoms with Crippen molar-refractivity contribution in [2.24, 2.45) is 0 Å². The normalized spacial score (nSPS) is 0. The Labute approximate surface area is 511 Å². The van der Waals surface area contributed by atoms with Gasteiger partial charge >= 0.3 is 0 Å². The van der Waals surface area contributed by atoms with Crippen LogP contribution in [-0.4, -0.2) is 0 Å². The van der Waals surface area contributed by atoms with Crippen LogP contribution in [-0.2, 0) is 526 Å². The summed E-state index contributed by atoms with van der Waals surface area (Å²) in [5, 5.41) is 0. The summed E-state index contributed by atoms with van der Waals surface area (Å²) >= 11 is 0. The first-order valence-electron chi connectivity index (χ1n) is 0. The molecule has 0 rings (SSSR count). The Morgan fingerprint density at radius 1 is 0.0370 bits per heavy atom. The van der Waals surface area contributed by atoms with Gasteiger partial charge in [0.15, 0.2) is 0 Å². The molecule has 0 aliphatic rings. The molecule has 0 aromatic heterocycles. The molecule has 54 valence electrons. The van der Waals surface area contributed by atoms with Crippen molar-refractivity contribution in [3.05, 3.63) is 0 Å². The molecule has 0 heterocycles. The average Bonchev–Trinajstić information content (AvgIpc) is 0. The minimum Gasteiger partial charge on any atom is 0 e. The predicted molar refractivity (Wildman–Crippen MR) is 0 cm³/mol. The Morgan fingerprint density at radius 2 is 0.0370 bits per heavy atom. The van der Waals surface area contributed by atoms with Crippen LogP contribution in [0.5, 0.6) is 0 Å². The molecule has 0 aromatic rings. The first kappa shape index (κ1) is 284. The van der Waals surface area contributed by atoms with E-state index in [1.807, 2.05) is 0 Å². The summed E-state index contributed by atoms with van der Waals surface area (Å²) in [5.74, 6) is 0. The Morgan fingerprint density at radius 3 is 0.0370 bits per heavy atom. The number of hydrogen-bond donors (Lipinski definition) is 0. The van der Waals surface area contributed by atoms with Gasteiger partial charge in [-0.2, -0.15) is 0 Å².